The third kappa shape index (κ3) is 6.71. The second-order valence-corrected chi connectivity index (χ2v) is 14.1. The van der Waals surface area contributed by atoms with Crippen LogP contribution in [0.25, 0.3) is 0 Å². The maximum atomic E-state index is 14.1. The van der Waals surface area contributed by atoms with Gasteiger partial charge in [0.05, 0.1) is 38.6 Å². The van der Waals surface area contributed by atoms with Gasteiger partial charge >= 0.3 is 18.5 Å². The summed E-state index contributed by atoms with van der Waals surface area (Å²) in [7, 11) is 0. The molecule has 3 heterocycles. The van der Waals surface area contributed by atoms with Crippen molar-refractivity contribution in [3.8, 4) is 0 Å². The number of alkyl halides is 9. The van der Waals surface area contributed by atoms with Gasteiger partial charge in [-0.15, -0.1) is 0 Å². The molecule has 3 saturated carbocycles. The van der Waals surface area contributed by atoms with Crippen molar-refractivity contribution in [3.63, 3.8) is 0 Å². The normalized spacial score (nSPS) is 42.9. The molecule has 0 aromatic carbocycles. The van der Waals surface area contributed by atoms with Crippen LogP contribution in [-0.2, 0) is 28.4 Å². The molecule has 0 amide bonds. The van der Waals surface area contributed by atoms with E-state index in [4.69, 9.17) is 28.4 Å². The van der Waals surface area contributed by atoms with Crippen LogP contribution in [0.2, 0.25) is 0 Å². The van der Waals surface area contributed by atoms with Crippen LogP contribution in [-0.4, -0.2) is 108 Å². The van der Waals surface area contributed by atoms with Gasteiger partial charge in [0.2, 0.25) is 0 Å². The summed E-state index contributed by atoms with van der Waals surface area (Å²) in [6, 6.07) is 0. The highest BCUT2D eigenvalue weighted by Crippen LogP contribution is 2.57. The lowest BCUT2D eigenvalue weighted by Crippen LogP contribution is -2.55. The molecule has 0 aromatic rings. The largest absolute Gasteiger partial charge is 0.414 e. The van der Waals surface area contributed by atoms with Crippen LogP contribution in [0.1, 0.15) is 64.2 Å². The van der Waals surface area contributed by atoms with Gasteiger partial charge in [0.15, 0.2) is 35.7 Å². The molecule has 48 heavy (non-hydrogen) atoms. The molecule has 3 saturated heterocycles. The highest BCUT2D eigenvalue weighted by Gasteiger charge is 2.66. The topological polar surface area (TPSA) is 116 Å². The number of halogens is 9. The molecule has 6 rings (SSSR count). The molecule has 0 bridgehead atoms. The average molecular weight is 717 g/mol. The van der Waals surface area contributed by atoms with Gasteiger partial charge in [-0.1, -0.05) is 0 Å². The van der Waals surface area contributed by atoms with E-state index in [1.54, 1.807) is 0 Å². The summed E-state index contributed by atoms with van der Waals surface area (Å²) in [5.74, 6) is -11.9. The summed E-state index contributed by atoms with van der Waals surface area (Å²) in [5.41, 5.74) is 0. The van der Waals surface area contributed by atoms with Crippen LogP contribution in [0, 0.1) is 29.6 Å². The van der Waals surface area contributed by atoms with Gasteiger partial charge in [0.1, 0.15) is 0 Å². The Balaban J connectivity index is 1.25. The molecule has 9 nitrogen and oxygen atoms in total. The number of aliphatic hydroxyl groups is 3. The summed E-state index contributed by atoms with van der Waals surface area (Å²) in [6.45, 7) is -0.0730. The SMILES string of the molecule is OC(C1CC(C2CCOC3(CC(C4CCOC5(CCCC5C(O)C(F)(F)F)O4)CC3C(O)C(F)(F)F)O2)CC12OCCCO2)C(F)(F)F. The molecule has 6 fully saturated rings. The van der Waals surface area contributed by atoms with Gasteiger partial charge in [-0.3, -0.25) is 0 Å². The van der Waals surface area contributed by atoms with Crippen LogP contribution >= 0.6 is 0 Å². The number of hydrogen-bond donors (Lipinski definition) is 3. The fourth-order valence-corrected chi connectivity index (χ4v) is 9.18. The van der Waals surface area contributed by atoms with Crippen molar-refractivity contribution in [2.45, 2.75) is 131 Å². The summed E-state index contributed by atoms with van der Waals surface area (Å²) in [5, 5.41) is 31.0. The van der Waals surface area contributed by atoms with Crippen molar-refractivity contribution in [1.29, 1.82) is 0 Å². The molecule has 0 aromatic heterocycles. The first-order chi connectivity index (χ1) is 22.3. The van der Waals surface area contributed by atoms with E-state index in [-0.39, 0.29) is 84.2 Å². The molecule has 12 atom stereocenters. The highest BCUT2D eigenvalue weighted by atomic mass is 19.4. The van der Waals surface area contributed by atoms with Crippen LogP contribution in [0.5, 0.6) is 0 Å². The number of ether oxygens (including phenoxy) is 6. The van der Waals surface area contributed by atoms with E-state index in [0.717, 1.165) is 0 Å². The standard InChI is InChI=1S/C30H41F9O9/c31-28(32,33)22(40)17-3-1-6-25(17)45-9-4-20(47-25)16-12-19(24(42)30(37,38)39)27(14-16)46-10-5-21(48-27)15-11-18(23(41)29(34,35)36)26(13-15)43-7-2-8-44-26/h15-24,40-42H,1-14H2. The van der Waals surface area contributed by atoms with E-state index in [0.29, 0.717) is 6.42 Å². The minimum absolute atomic E-state index is 0.0291. The smallest absolute Gasteiger partial charge is 0.383 e. The van der Waals surface area contributed by atoms with Gasteiger partial charge in [-0.05, 0) is 56.8 Å². The van der Waals surface area contributed by atoms with Crippen molar-refractivity contribution in [2.24, 2.45) is 29.6 Å². The van der Waals surface area contributed by atoms with Crippen molar-refractivity contribution in [2.75, 3.05) is 26.4 Å². The molecule has 278 valence electrons. The van der Waals surface area contributed by atoms with Gasteiger partial charge in [0.25, 0.3) is 0 Å². The quantitative estimate of drug-likeness (QED) is 0.347. The lowest BCUT2D eigenvalue weighted by Gasteiger charge is -2.46. The van der Waals surface area contributed by atoms with Crippen molar-refractivity contribution >= 4 is 0 Å². The van der Waals surface area contributed by atoms with E-state index >= 15 is 0 Å². The zero-order valence-electron chi connectivity index (χ0n) is 25.9. The highest BCUT2D eigenvalue weighted by molar-refractivity contribution is 5.05. The van der Waals surface area contributed by atoms with E-state index in [2.05, 4.69) is 0 Å². The van der Waals surface area contributed by atoms with Gasteiger partial charge in [0, 0.05) is 37.0 Å². The molecule has 3 aliphatic heterocycles. The molecule has 6 aliphatic rings. The average Bonchev–Trinajstić information content (AvgIpc) is 3.69. The van der Waals surface area contributed by atoms with Crippen LogP contribution in [0.15, 0.2) is 0 Å². The van der Waals surface area contributed by atoms with Gasteiger partial charge in [-0.25, -0.2) is 0 Å². The molecule has 3 spiro atoms. The van der Waals surface area contributed by atoms with Crippen LogP contribution < -0.4 is 0 Å². The summed E-state index contributed by atoms with van der Waals surface area (Å²) >= 11 is 0. The maximum Gasteiger partial charge on any atom is 0.414 e. The molecule has 0 radical (unpaired) electrons. The molecule has 18 heteroatoms. The molecule has 12 unspecified atom stereocenters. The fourth-order valence-electron chi connectivity index (χ4n) is 9.18. The summed E-state index contributed by atoms with van der Waals surface area (Å²) < 4.78 is 159. The first-order valence-corrected chi connectivity index (χ1v) is 16.5. The first-order valence-electron chi connectivity index (χ1n) is 16.5. The molecule has 3 N–H and O–H groups in total. The molecular weight excluding hydrogens is 675 g/mol. The van der Waals surface area contributed by atoms with Crippen molar-refractivity contribution < 1.29 is 83.3 Å². The Morgan fingerprint density at radius 3 is 1.44 bits per heavy atom. The van der Waals surface area contributed by atoms with E-state index in [9.17, 15) is 54.8 Å². The monoisotopic (exact) mass is 716 g/mol. The Hall–Kier alpha value is -0.990. The predicted molar refractivity (Wildman–Crippen MR) is 142 cm³/mol. The Labute approximate surface area is 270 Å². The summed E-state index contributed by atoms with van der Waals surface area (Å²) in [6.07, 6.45) is -25.6. The summed E-state index contributed by atoms with van der Waals surface area (Å²) in [4.78, 5) is 0. The zero-order chi connectivity index (χ0) is 34.9. The predicted octanol–water partition coefficient (Wildman–Crippen LogP) is 4.75. The van der Waals surface area contributed by atoms with Crippen LogP contribution in [0.4, 0.5) is 39.5 Å². The Morgan fingerprint density at radius 1 is 0.500 bits per heavy atom. The number of rotatable bonds is 5. The minimum atomic E-state index is -5.11. The molecule has 3 aliphatic carbocycles. The Morgan fingerprint density at radius 2 is 0.917 bits per heavy atom. The Bertz CT molecular complexity index is 1130. The second kappa shape index (κ2) is 12.9. The van der Waals surface area contributed by atoms with Crippen LogP contribution in [0.3, 0.4) is 0 Å². The van der Waals surface area contributed by atoms with Gasteiger partial charge in [-0.2, -0.15) is 39.5 Å². The molecular formula is C30H41F9O9. The Kier molecular flexibility index (Phi) is 9.89. The van der Waals surface area contributed by atoms with E-state index in [1.165, 1.54) is 0 Å². The third-order valence-corrected chi connectivity index (χ3v) is 11.3. The minimum Gasteiger partial charge on any atom is -0.383 e. The van der Waals surface area contributed by atoms with E-state index < -0.39 is 96.0 Å². The van der Waals surface area contributed by atoms with Gasteiger partial charge < -0.3 is 43.7 Å². The zero-order valence-corrected chi connectivity index (χ0v) is 25.9. The maximum absolute atomic E-state index is 14.1. The second-order valence-electron chi connectivity index (χ2n) is 14.1. The third-order valence-electron chi connectivity index (χ3n) is 11.3. The van der Waals surface area contributed by atoms with Crippen molar-refractivity contribution in [1.82, 2.24) is 0 Å². The lowest BCUT2D eigenvalue weighted by molar-refractivity contribution is -0.352. The van der Waals surface area contributed by atoms with Crippen molar-refractivity contribution in [3.05, 3.63) is 0 Å². The number of hydrogen-bond acceptors (Lipinski definition) is 9. The first kappa shape index (κ1) is 36.8. The lowest BCUT2D eigenvalue weighted by atomic mass is 9.89. The number of aliphatic hydroxyl groups excluding tert-OH is 3. The van der Waals surface area contributed by atoms with E-state index in [1.807, 2.05) is 0 Å². The fraction of sp³-hybridized carbons (Fsp3) is 1.00.